The summed E-state index contributed by atoms with van der Waals surface area (Å²) in [7, 11) is 1.64. The lowest BCUT2D eigenvalue weighted by Crippen LogP contribution is -2.35. The fraction of sp³-hybridized carbons (Fsp3) is 0.364. The van der Waals surface area contributed by atoms with Crippen molar-refractivity contribution in [3.05, 3.63) is 64.7 Å². The molecule has 0 fully saturated rings. The Labute approximate surface area is 156 Å². The minimum absolute atomic E-state index is 0.00757. The van der Waals surface area contributed by atoms with Gasteiger partial charge in [0.2, 0.25) is 5.91 Å². The molecule has 0 bridgehead atoms. The van der Waals surface area contributed by atoms with Crippen LogP contribution >= 0.6 is 0 Å². The number of carbonyl (C=O) groups is 2. The minimum atomic E-state index is -0.204. The quantitative estimate of drug-likeness (QED) is 0.891. The average molecular weight is 352 g/mol. The zero-order valence-electron chi connectivity index (χ0n) is 16.5. The number of nitrogens with zero attached hydrogens (tertiary/aromatic N) is 1. The number of hydrogen-bond acceptors (Lipinski definition) is 2. The summed E-state index contributed by atoms with van der Waals surface area (Å²) in [6, 6.07) is 13.4. The molecule has 0 saturated carbocycles. The van der Waals surface area contributed by atoms with Crippen LogP contribution in [0.2, 0.25) is 0 Å². The van der Waals surface area contributed by atoms with Crippen molar-refractivity contribution in [3.63, 3.8) is 0 Å². The third-order valence-electron chi connectivity index (χ3n) is 4.47. The summed E-state index contributed by atoms with van der Waals surface area (Å²) >= 11 is 0. The summed E-state index contributed by atoms with van der Waals surface area (Å²) < 4.78 is 0. The lowest BCUT2D eigenvalue weighted by Gasteiger charge is -2.21. The summed E-state index contributed by atoms with van der Waals surface area (Å²) in [6.07, 6.45) is 0. The molecule has 138 valence electrons. The van der Waals surface area contributed by atoms with E-state index >= 15 is 0 Å². The van der Waals surface area contributed by atoms with Gasteiger partial charge < -0.3 is 10.2 Å². The Morgan fingerprint density at radius 1 is 0.962 bits per heavy atom. The van der Waals surface area contributed by atoms with Gasteiger partial charge in [-0.25, -0.2) is 0 Å². The number of likely N-dealkylation sites (N-methyl/N-ethyl adjacent to an activating group) is 1. The third kappa shape index (κ3) is 4.72. The highest BCUT2D eigenvalue weighted by atomic mass is 16.2. The normalized spacial score (nSPS) is 11.2. The van der Waals surface area contributed by atoms with Gasteiger partial charge in [0.25, 0.3) is 5.91 Å². The van der Waals surface area contributed by atoms with Gasteiger partial charge in [0, 0.05) is 18.3 Å². The van der Waals surface area contributed by atoms with E-state index < -0.39 is 0 Å². The van der Waals surface area contributed by atoms with E-state index in [2.05, 4.69) is 26.1 Å². The molecule has 0 radical (unpaired) electrons. The van der Waals surface area contributed by atoms with Gasteiger partial charge in [0.15, 0.2) is 0 Å². The van der Waals surface area contributed by atoms with Crippen LogP contribution in [-0.2, 0) is 10.2 Å². The molecular weight excluding hydrogens is 324 g/mol. The predicted octanol–water partition coefficient (Wildman–Crippen LogP) is 4.31. The van der Waals surface area contributed by atoms with Gasteiger partial charge in [-0.05, 0) is 48.1 Å². The summed E-state index contributed by atoms with van der Waals surface area (Å²) in [4.78, 5) is 26.4. The first kappa shape index (κ1) is 19.7. The molecule has 2 aromatic rings. The van der Waals surface area contributed by atoms with Crippen LogP contribution in [0.5, 0.6) is 0 Å². The molecule has 1 N–H and O–H groups in total. The first-order valence-electron chi connectivity index (χ1n) is 8.81. The molecule has 26 heavy (non-hydrogen) atoms. The first-order valence-corrected chi connectivity index (χ1v) is 8.81. The van der Waals surface area contributed by atoms with Gasteiger partial charge in [0.05, 0.1) is 6.54 Å². The number of carbonyl (C=O) groups excluding carboxylic acids is 2. The average Bonchev–Trinajstić information content (AvgIpc) is 2.57. The van der Waals surface area contributed by atoms with Crippen molar-refractivity contribution in [2.24, 2.45) is 0 Å². The van der Waals surface area contributed by atoms with E-state index in [-0.39, 0.29) is 23.8 Å². The molecule has 2 amide bonds. The molecule has 2 rings (SSSR count). The van der Waals surface area contributed by atoms with Crippen LogP contribution in [0.1, 0.15) is 47.8 Å². The van der Waals surface area contributed by atoms with Gasteiger partial charge in [-0.3, -0.25) is 9.59 Å². The van der Waals surface area contributed by atoms with Crippen LogP contribution in [0.25, 0.3) is 0 Å². The van der Waals surface area contributed by atoms with Crippen LogP contribution in [0.15, 0.2) is 42.5 Å². The standard InChI is InChI=1S/C22H28N2O2/c1-15-8-7-9-16(2)20(15)23-19(25)14-24(6)21(26)17-10-12-18(13-11-17)22(3,4)5/h7-13H,14H2,1-6H3,(H,23,25). The monoisotopic (exact) mass is 352 g/mol. The van der Waals surface area contributed by atoms with Gasteiger partial charge >= 0.3 is 0 Å². The smallest absolute Gasteiger partial charge is 0.254 e. The molecule has 0 spiro atoms. The number of anilines is 1. The highest BCUT2D eigenvalue weighted by Crippen LogP contribution is 2.22. The number of rotatable bonds is 4. The van der Waals surface area contributed by atoms with E-state index in [1.54, 1.807) is 7.05 Å². The van der Waals surface area contributed by atoms with Crippen LogP contribution in [0.4, 0.5) is 5.69 Å². The zero-order chi connectivity index (χ0) is 19.5. The van der Waals surface area contributed by atoms with Gasteiger partial charge in [-0.2, -0.15) is 0 Å². The van der Waals surface area contributed by atoms with E-state index in [4.69, 9.17) is 0 Å². The van der Waals surface area contributed by atoms with Crippen LogP contribution in [-0.4, -0.2) is 30.3 Å². The number of aryl methyl sites for hydroxylation is 2. The molecule has 0 aliphatic heterocycles. The van der Waals surface area contributed by atoms with Crippen molar-refractivity contribution in [3.8, 4) is 0 Å². The van der Waals surface area contributed by atoms with Crippen molar-refractivity contribution in [1.29, 1.82) is 0 Å². The Kier molecular flexibility index (Phi) is 5.86. The number of nitrogens with one attached hydrogen (secondary N) is 1. The summed E-state index contributed by atoms with van der Waals surface area (Å²) in [5.41, 5.74) is 4.62. The maximum Gasteiger partial charge on any atom is 0.254 e. The summed E-state index contributed by atoms with van der Waals surface area (Å²) in [6.45, 7) is 10.3. The third-order valence-corrected chi connectivity index (χ3v) is 4.47. The number of benzene rings is 2. The van der Waals surface area contributed by atoms with Crippen LogP contribution in [0.3, 0.4) is 0 Å². The van der Waals surface area contributed by atoms with Crippen LogP contribution in [0, 0.1) is 13.8 Å². The highest BCUT2D eigenvalue weighted by Gasteiger charge is 2.18. The van der Waals surface area contributed by atoms with Crippen molar-refractivity contribution >= 4 is 17.5 Å². The van der Waals surface area contributed by atoms with E-state index in [9.17, 15) is 9.59 Å². The topological polar surface area (TPSA) is 49.4 Å². The molecule has 0 heterocycles. The van der Waals surface area contributed by atoms with Crippen LogP contribution < -0.4 is 5.32 Å². The summed E-state index contributed by atoms with van der Waals surface area (Å²) in [5, 5.41) is 2.91. The Bertz CT molecular complexity index is 782. The van der Waals surface area contributed by atoms with E-state index in [0.29, 0.717) is 5.56 Å². The molecule has 0 aliphatic rings. The molecule has 0 atom stereocenters. The number of amides is 2. The lowest BCUT2D eigenvalue weighted by molar-refractivity contribution is -0.116. The fourth-order valence-corrected chi connectivity index (χ4v) is 2.81. The maximum absolute atomic E-state index is 12.6. The molecular formula is C22H28N2O2. The second-order valence-corrected chi connectivity index (χ2v) is 7.80. The van der Waals surface area contributed by atoms with Crippen molar-refractivity contribution < 1.29 is 9.59 Å². The second kappa shape index (κ2) is 7.73. The predicted molar refractivity (Wildman–Crippen MR) is 107 cm³/mol. The SMILES string of the molecule is Cc1cccc(C)c1NC(=O)CN(C)C(=O)c1ccc(C(C)(C)C)cc1. The fourth-order valence-electron chi connectivity index (χ4n) is 2.81. The van der Waals surface area contributed by atoms with Crippen molar-refractivity contribution in [2.75, 3.05) is 18.9 Å². The zero-order valence-corrected chi connectivity index (χ0v) is 16.5. The molecule has 4 nitrogen and oxygen atoms in total. The Morgan fingerprint density at radius 2 is 1.50 bits per heavy atom. The van der Waals surface area contributed by atoms with Gasteiger partial charge in [-0.1, -0.05) is 51.1 Å². The molecule has 2 aromatic carbocycles. The van der Waals surface area contributed by atoms with Crippen molar-refractivity contribution in [2.45, 2.75) is 40.0 Å². The number of para-hydroxylation sites is 1. The molecule has 0 saturated heterocycles. The Hall–Kier alpha value is -2.62. The largest absolute Gasteiger partial charge is 0.332 e. The highest BCUT2D eigenvalue weighted by molar-refractivity contribution is 5.99. The Morgan fingerprint density at radius 3 is 2.00 bits per heavy atom. The van der Waals surface area contributed by atoms with E-state index in [1.807, 2.05) is 56.3 Å². The molecule has 0 unspecified atom stereocenters. The van der Waals surface area contributed by atoms with E-state index in [1.165, 1.54) is 10.5 Å². The minimum Gasteiger partial charge on any atom is -0.332 e. The molecule has 0 aromatic heterocycles. The molecule has 4 heteroatoms. The van der Waals surface area contributed by atoms with E-state index in [0.717, 1.165) is 16.8 Å². The molecule has 0 aliphatic carbocycles. The Balaban J connectivity index is 2.03. The van der Waals surface area contributed by atoms with Crippen molar-refractivity contribution in [1.82, 2.24) is 4.90 Å². The first-order chi connectivity index (χ1) is 12.1. The summed E-state index contributed by atoms with van der Waals surface area (Å²) in [5.74, 6) is -0.369. The lowest BCUT2D eigenvalue weighted by atomic mass is 9.86. The van der Waals surface area contributed by atoms with Gasteiger partial charge in [-0.15, -0.1) is 0 Å². The van der Waals surface area contributed by atoms with Gasteiger partial charge in [0.1, 0.15) is 0 Å². The number of hydrogen-bond donors (Lipinski definition) is 1. The maximum atomic E-state index is 12.6. The second-order valence-electron chi connectivity index (χ2n) is 7.80.